The van der Waals surface area contributed by atoms with Crippen molar-refractivity contribution < 1.29 is 9.05 Å². The molecule has 0 bridgehead atoms. The summed E-state index contributed by atoms with van der Waals surface area (Å²) >= 11 is 0. The Morgan fingerprint density at radius 3 is 1.39 bits per heavy atom. The minimum absolute atomic E-state index is 0.501. The average molecular weight is 242 g/mol. The second-order valence-electron chi connectivity index (χ2n) is 3.87. The number of hydrogen-bond donors (Lipinski definition) is 0. The van der Waals surface area contributed by atoms with Crippen LogP contribution in [0.5, 0.6) is 0 Å². The van der Waals surface area contributed by atoms with E-state index in [-0.39, 0.29) is 0 Å². The molecule has 0 aliphatic carbocycles. The highest BCUT2D eigenvalue weighted by molar-refractivity contribution is 5.61. The summed E-state index contributed by atoms with van der Waals surface area (Å²) in [6.45, 7) is 3.56. The van der Waals surface area contributed by atoms with Gasteiger partial charge in [0.15, 0.2) is 11.6 Å². The fraction of sp³-hybridized carbons (Fsp3) is 0.167. The maximum absolute atomic E-state index is 5.09. The number of aryl methyl sites for hydroxylation is 2. The summed E-state index contributed by atoms with van der Waals surface area (Å²) < 4.78 is 10.2. The van der Waals surface area contributed by atoms with Crippen molar-refractivity contribution >= 4 is 0 Å². The van der Waals surface area contributed by atoms with Crippen LogP contribution in [0, 0.1) is 13.8 Å². The van der Waals surface area contributed by atoms with Gasteiger partial charge in [0.25, 0.3) is 11.8 Å². The third-order valence-electron chi connectivity index (χ3n) is 2.43. The van der Waals surface area contributed by atoms with Gasteiger partial charge >= 0.3 is 0 Å². The monoisotopic (exact) mass is 242 g/mol. The maximum atomic E-state index is 5.09. The molecule has 0 aliphatic heterocycles. The summed E-state index contributed by atoms with van der Waals surface area (Å²) in [7, 11) is 0. The van der Waals surface area contributed by atoms with Crippen LogP contribution in [0.3, 0.4) is 0 Å². The van der Waals surface area contributed by atoms with Crippen molar-refractivity contribution in [3.05, 3.63) is 35.9 Å². The molecule has 1 aromatic carbocycles. The van der Waals surface area contributed by atoms with Crippen molar-refractivity contribution in [1.82, 2.24) is 20.3 Å². The van der Waals surface area contributed by atoms with E-state index in [0.717, 1.165) is 11.1 Å². The normalized spacial score (nSPS) is 10.8. The van der Waals surface area contributed by atoms with Gasteiger partial charge in [-0.25, -0.2) is 0 Å². The zero-order valence-electron chi connectivity index (χ0n) is 9.91. The van der Waals surface area contributed by atoms with Crippen LogP contribution in [0.4, 0.5) is 0 Å². The second-order valence-corrected chi connectivity index (χ2v) is 3.87. The summed E-state index contributed by atoms with van der Waals surface area (Å²) in [6.07, 6.45) is 0. The zero-order chi connectivity index (χ0) is 12.5. The predicted molar refractivity (Wildman–Crippen MR) is 62.5 cm³/mol. The molecular weight excluding hydrogens is 232 g/mol. The van der Waals surface area contributed by atoms with E-state index in [1.807, 2.05) is 24.3 Å². The minimum Gasteiger partial charge on any atom is -0.334 e. The van der Waals surface area contributed by atoms with Crippen LogP contribution in [0.2, 0.25) is 0 Å². The van der Waals surface area contributed by atoms with E-state index in [1.165, 1.54) is 0 Å². The van der Waals surface area contributed by atoms with Crippen LogP contribution in [-0.2, 0) is 0 Å². The molecule has 6 nitrogen and oxygen atoms in total. The molecule has 2 aromatic heterocycles. The Morgan fingerprint density at radius 2 is 1.11 bits per heavy atom. The first-order valence-electron chi connectivity index (χ1n) is 5.44. The van der Waals surface area contributed by atoms with Crippen LogP contribution in [0.15, 0.2) is 33.3 Å². The summed E-state index contributed by atoms with van der Waals surface area (Å²) in [6, 6.07) is 7.51. The molecule has 90 valence electrons. The van der Waals surface area contributed by atoms with Crippen LogP contribution in [-0.4, -0.2) is 20.3 Å². The molecule has 0 fully saturated rings. The molecular formula is C12H10N4O2. The van der Waals surface area contributed by atoms with Gasteiger partial charge < -0.3 is 9.05 Å². The SMILES string of the molecule is Cc1noc(-c2ccc(-c3nc(C)no3)cc2)n1. The number of aromatic nitrogens is 4. The molecule has 0 saturated heterocycles. The fourth-order valence-electron chi connectivity index (χ4n) is 1.58. The highest BCUT2D eigenvalue weighted by Gasteiger charge is 2.09. The fourth-order valence-corrected chi connectivity index (χ4v) is 1.58. The van der Waals surface area contributed by atoms with Crippen LogP contribution in [0.1, 0.15) is 11.6 Å². The highest BCUT2D eigenvalue weighted by Crippen LogP contribution is 2.22. The van der Waals surface area contributed by atoms with Gasteiger partial charge in [0, 0.05) is 11.1 Å². The molecule has 3 rings (SSSR count). The van der Waals surface area contributed by atoms with Gasteiger partial charge in [-0.3, -0.25) is 0 Å². The molecule has 0 radical (unpaired) electrons. The van der Waals surface area contributed by atoms with Crippen molar-refractivity contribution in [2.24, 2.45) is 0 Å². The Kier molecular flexibility index (Phi) is 2.40. The first-order chi connectivity index (χ1) is 8.72. The smallest absolute Gasteiger partial charge is 0.257 e. The molecule has 3 aromatic rings. The maximum Gasteiger partial charge on any atom is 0.257 e. The van der Waals surface area contributed by atoms with Crippen LogP contribution in [0.25, 0.3) is 22.9 Å². The lowest BCUT2D eigenvalue weighted by atomic mass is 10.1. The van der Waals surface area contributed by atoms with Crippen molar-refractivity contribution in [1.29, 1.82) is 0 Å². The van der Waals surface area contributed by atoms with Crippen LogP contribution < -0.4 is 0 Å². The number of rotatable bonds is 2. The summed E-state index contributed by atoms with van der Waals surface area (Å²) in [5, 5.41) is 7.50. The Bertz CT molecular complexity index is 610. The van der Waals surface area contributed by atoms with Gasteiger partial charge in [0.05, 0.1) is 0 Å². The first-order valence-corrected chi connectivity index (χ1v) is 5.44. The van der Waals surface area contributed by atoms with Crippen molar-refractivity contribution in [3.63, 3.8) is 0 Å². The molecule has 0 saturated carbocycles. The predicted octanol–water partition coefficient (Wildman–Crippen LogP) is 2.40. The standard InChI is InChI=1S/C12H10N4O2/c1-7-13-11(17-15-7)9-3-5-10(6-4-9)12-14-8(2)16-18-12/h3-6H,1-2H3. The lowest BCUT2D eigenvalue weighted by molar-refractivity contribution is 0.424. The van der Waals surface area contributed by atoms with Gasteiger partial charge in [-0.2, -0.15) is 9.97 Å². The van der Waals surface area contributed by atoms with Crippen molar-refractivity contribution in [2.45, 2.75) is 13.8 Å². The lowest BCUT2D eigenvalue weighted by Crippen LogP contribution is -1.81. The molecule has 0 spiro atoms. The third-order valence-corrected chi connectivity index (χ3v) is 2.43. The summed E-state index contributed by atoms with van der Waals surface area (Å²) in [5.74, 6) is 2.23. The first kappa shape index (κ1) is 10.6. The van der Waals surface area contributed by atoms with Crippen molar-refractivity contribution in [3.8, 4) is 22.9 Å². The van der Waals surface area contributed by atoms with Gasteiger partial charge in [0.1, 0.15) is 0 Å². The van der Waals surface area contributed by atoms with E-state index in [2.05, 4.69) is 20.3 Å². The number of benzene rings is 1. The van der Waals surface area contributed by atoms with Gasteiger partial charge in [-0.1, -0.05) is 10.3 Å². The Morgan fingerprint density at radius 1 is 0.722 bits per heavy atom. The van der Waals surface area contributed by atoms with E-state index in [4.69, 9.17) is 9.05 Å². The van der Waals surface area contributed by atoms with E-state index < -0.39 is 0 Å². The number of nitrogens with zero attached hydrogens (tertiary/aromatic N) is 4. The van der Waals surface area contributed by atoms with Gasteiger partial charge in [-0.15, -0.1) is 0 Å². The third kappa shape index (κ3) is 1.88. The van der Waals surface area contributed by atoms with Gasteiger partial charge in [0.2, 0.25) is 0 Å². The summed E-state index contributed by atoms with van der Waals surface area (Å²) in [4.78, 5) is 8.32. The lowest BCUT2D eigenvalue weighted by Gasteiger charge is -1.96. The van der Waals surface area contributed by atoms with E-state index >= 15 is 0 Å². The zero-order valence-corrected chi connectivity index (χ0v) is 9.91. The average Bonchev–Trinajstić information content (AvgIpc) is 2.98. The molecule has 0 atom stereocenters. The minimum atomic E-state index is 0.501. The second kappa shape index (κ2) is 4.06. The largest absolute Gasteiger partial charge is 0.334 e. The highest BCUT2D eigenvalue weighted by atomic mass is 16.5. The molecule has 0 N–H and O–H groups in total. The van der Waals surface area contributed by atoms with Crippen molar-refractivity contribution in [2.75, 3.05) is 0 Å². The molecule has 18 heavy (non-hydrogen) atoms. The van der Waals surface area contributed by atoms with E-state index in [9.17, 15) is 0 Å². The van der Waals surface area contributed by atoms with Gasteiger partial charge in [-0.05, 0) is 38.1 Å². The molecule has 6 heteroatoms. The Balaban J connectivity index is 1.94. The topological polar surface area (TPSA) is 77.8 Å². The summed E-state index contributed by atoms with van der Waals surface area (Å²) in [5.41, 5.74) is 1.71. The van der Waals surface area contributed by atoms with E-state index in [0.29, 0.717) is 23.4 Å². The van der Waals surface area contributed by atoms with E-state index in [1.54, 1.807) is 13.8 Å². The molecule has 0 unspecified atom stereocenters. The molecule has 2 heterocycles. The molecule has 0 aliphatic rings. The molecule has 0 amide bonds. The quantitative estimate of drug-likeness (QED) is 0.686. The van der Waals surface area contributed by atoms with Crippen LogP contribution >= 0.6 is 0 Å². The Labute approximate surface area is 103 Å². The number of hydrogen-bond acceptors (Lipinski definition) is 6. The Hall–Kier alpha value is -2.50.